The fourth-order valence-electron chi connectivity index (χ4n) is 3.00. The summed E-state index contributed by atoms with van der Waals surface area (Å²) < 4.78 is 0. The largest absolute Gasteiger partial charge is 0.480 e. The molecule has 6 nitrogen and oxygen atoms in total. The molecule has 2 rings (SSSR count). The first-order valence-corrected chi connectivity index (χ1v) is 7.17. The van der Waals surface area contributed by atoms with Gasteiger partial charge in [0.25, 0.3) is 0 Å². The molecule has 1 heterocycles. The van der Waals surface area contributed by atoms with Crippen LogP contribution in [0.1, 0.15) is 23.1 Å². The molecule has 6 heteroatoms. The van der Waals surface area contributed by atoms with Crippen LogP contribution in [0.15, 0.2) is 12.1 Å². The van der Waals surface area contributed by atoms with Crippen LogP contribution in [0.5, 0.6) is 0 Å². The fourth-order valence-corrected chi connectivity index (χ4v) is 3.00. The smallest absolute Gasteiger partial charge is 0.322 e. The van der Waals surface area contributed by atoms with Crippen molar-refractivity contribution in [3.8, 4) is 0 Å². The monoisotopic (exact) mass is 304 g/mol. The molecule has 0 aromatic heterocycles. The first kappa shape index (κ1) is 16.0. The topological polar surface area (TPSA) is 86.7 Å². The maximum atomic E-state index is 12.2. The number of carbonyl (C=O) groups is 3. The SMILES string of the molecule is Cc1cc(C)c(N2CC(C(=O)NCC(=O)O)CC2=O)c(C)c1. The van der Waals surface area contributed by atoms with E-state index in [0.717, 1.165) is 22.4 Å². The van der Waals surface area contributed by atoms with Gasteiger partial charge in [-0.3, -0.25) is 14.4 Å². The minimum Gasteiger partial charge on any atom is -0.480 e. The van der Waals surface area contributed by atoms with Gasteiger partial charge in [-0.25, -0.2) is 0 Å². The highest BCUT2D eigenvalue weighted by atomic mass is 16.4. The minimum absolute atomic E-state index is 0.106. The molecule has 1 atom stereocenters. The van der Waals surface area contributed by atoms with Crippen LogP contribution in [0.25, 0.3) is 0 Å². The zero-order valence-electron chi connectivity index (χ0n) is 13.0. The first-order chi connectivity index (χ1) is 10.3. The Kier molecular flexibility index (Phi) is 4.49. The predicted molar refractivity (Wildman–Crippen MR) is 81.8 cm³/mol. The maximum absolute atomic E-state index is 12.2. The van der Waals surface area contributed by atoms with Crippen LogP contribution < -0.4 is 10.2 Å². The number of benzene rings is 1. The number of hydrogen-bond donors (Lipinski definition) is 2. The summed E-state index contributed by atoms with van der Waals surface area (Å²) >= 11 is 0. The van der Waals surface area contributed by atoms with Crippen LogP contribution >= 0.6 is 0 Å². The van der Waals surface area contributed by atoms with E-state index in [1.165, 1.54) is 0 Å². The van der Waals surface area contributed by atoms with Gasteiger partial charge in [-0.15, -0.1) is 0 Å². The Morgan fingerprint density at radius 1 is 1.27 bits per heavy atom. The van der Waals surface area contributed by atoms with Gasteiger partial charge < -0.3 is 15.3 Å². The summed E-state index contributed by atoms with van der Waals surface area (Å²) in [6, 6.07) is 4.01. The van der Waals surface area contributed by atoms with Crippen LogP contribution in [0.2, 0.25) is 0 Å². The lowest BCUT2D eigenvalue weighted by molar-refractivity contribution is -0.138. The lowest BCUT2D eigenvalue weighted by Gasteiger charge is -2.22. The number of carboxylic acids is 1. The molecule has 1 saturated heterocycles. The Labute approximate surface area is 129 Å². The average Bonchev–Trinajstić information content (AvgIpc) is 2.77. The fraction of sp³-hybridized carbons (Fsp3) is 0.438. The molecule has 0 spiro atoms. The van der Waals surface area contributed by atoms with Gasteiger partial charge in [-0.1, -0.05) is 17.7 Å². The van der Waals surface area contributed by atoms with E-state index in [9.17, 15) is 14.4 Å². The average molecular weight is 304 g/mol. The first-order valence-electron chi connectivity index (χ1n) is 7.17. The minimum atomic E-state index is -1.10. The third-order valence-corrected chi connectivity index (χ3v) is 3.81. The van der Waals surface area contributed by atoms with Crippen molar-refractivity contribution in [1.29, 1.82) is 0 Å². The van der Waals surface area contributed by atoms with Gasteiger partial charge in [0.15, 0.2) is 0 Å². The summed E-state index contributed by atoms with van der Waals surface area (Å²) in [6.45, 7) is 5.75. The molecule has 2 amide bonds. The number of nitrogens with one attached hydrogen (secondary N) is 1. The van der Waals surface area contributed by atoms with E-state index >= 15 is 0 Å². The summed E-state index contributed by atoms with van der Waals surface area (Å²) in [5, 5.41) is 10.9. The highest BCUT2D eigenvalue weighted by molar-refractivity contribution is 6.01. The van der Waals surface area contributed by atoms with E-state index in [0.29, 0.717) is 0 Å². The molecule has 1 aromatic carbocycles. The summed E-state index contributed by atoms with van der Waals surface area (Å²) in [7, 11) is 0. The number of carboxylic acid groups (broad SMARTS) is 1. The quantitative estimate of drug-likeness (QED) is 0.874. The van der Waals surface area contributed by atoms with Gasteiger partial charge in [-0.2, -0.15) is 0 Å². The van der Waals surface area contributed by atoms with E-state index in [4.69, 9.17) is 5.11 Å². The molecular formula is C16H20N2O4. The van der Waals surface area contributed by atoms with Crippen LogP contribution in [0.3, 0.4) is 0 Å². The van der Waals surface area contributed by atoms with E-state index in [1.807, 2.05) is 32.9 Å². The Morgan fingerprint density at radius 2 is 1.86 bits per heavy atom. The molecule has 1 aliphatic heterocycles. The molecule has 22 heavy (non-hydrogen) atoms. The van der Waals surface area contributed by atoms with E-state index in [-0.39, 0.29) is 24.8 Å². The number of carbonyl (C=O) groups excluding carboxylic acids is 2. The third kappa shape index (κ3) is 3.27. The highest BCUT2D eigenvalue weighted by Crippen LogP contribution is 2.31. The molecule has 1 unspecified atom stereocenters. The van der Waals surface area contributed by atoms with Gasteiger partial charge >= 0.3 is 5.97 Å². The number of aryl methyl sites for hydroxylation is 3. The number of aliphatic carboxylic acids is 1. The van der Waals surface area contributed by atoms with E-state index in [1.54, 1.807) is 4.90 Å². The summed E-state index contributed by atoms with van der Waals surface area (Å²) in [5.74, 6) is -2.10. The summed E-state index contributed by atoms with van der Waals surface area (Å²) in [4.78, 5) is 36.3. The van der Waals surface area contributed by atoms with Crippen molar-refractivity contribution in [3.05, 3.63) is 28.8 Å². The van der Waals surface area contributed by atoms with E-state index in [2.05, 4.69) is 5.32 Å². The predicted octanol–water partition coefficient (Wildman–Crippen LogP) is 1.17. The van der Waals surface area contributed by atoms with Crippen LogP contribution in [-0.4, -0.2) is 36.0 Å². The summed E-state index contributed by atoms with van der Waals surface area (Å²) in [6.07, 6.45) is 0.109. The number of hydrogen-bond acceptors (Lipinski definition) is 3. The molecule has 118 valence electrons. The van der Waals surface area contributed by atoms with Crippen LogP contribution in [-0.2, 0) is 14.4 Å². The van der Waals surface area contributed by atoms with Crippen molar-refractivity contribution in [2.45, 2.75) is 27.2 Å². The second-order valence-electron chi connectivity index (χ2n) is 5.76. The molecule has 0 bridgehead atoms. The van der Waals surface area contributed by atoms with Gasteiger partial charge in [0, 0.05) is 18.7 Å². The Morgan fingerprint density at radius 3 is 2.41 bits per heavy atom. The van der Waals surface area contributed by atoms with Gasteiger partial charge in [0.2, 0.25) is 11.8 Å². The highest BCUT2D eigenvalue weighted by Gasteiger charge is 2.36. The normalized spacial score (nSPS) is 17.7. The van der Waals surface area contributed by atoms with Crippen molar-refractivity contribution in [2.75, 3.05) is 18.0 Å². The zero-order valence-corrected chi connectivity index (χ0v) is 13.0. The Balaban J connectivity index is 2.17. The van der Waals surface area contributed by atoms with Gasteiger partial charge in [-0.05, 0) is 31.9 Å². The number of anilines is 1. The lowest BCUT2D eigenvalue weighted by atomic mass is 10.0. The van der Waals surface area contributed by atoms with Crippen molar-refractivity contribution in [1.82, 2.24) is 5.32 Å². The van der Waals surface area contributed by atoms with Gasteiger partial charge in [0.05, 0.1) is 5.92 Å². The molecule has 2 N–H and O–H groups in total. The molecule has 0 aliphatic carbocycles. The third-order valence-electron chi connectivity index (χ3n) is 3.81. The van der Waals surface area contributed by atoms with Crippen molar-refractivity contribution < 1.29 is 19.5 Å². The Hall–Kier alpha value is -2.37. The van der Waals surface area contributed by atoms with E-state index < -0.39 is 18.4 Å². The van der Waals surface area contributed by atoms with Crippen LogP contribution in [0.4, 0.5) is 5.69 Å². The second kappa shape index (κ2) is 6.17. The Bertz CT molecular complexity index is 616. The van der Waals surface area contributed by atoms with Crippen molar-refractivity contribution in [3.63, 3.8) is 0 Å². The van der Waals surface area contributed by atoms with Crippen molar-refractivity contribution in [2.24, 2.45) is 5.92 Å². The molecule has 1 aromatic rings. The van der Waals surface area contributed by atoms with Crippen molar-refractivity contribution >= 4 is 23.5 Å². The molecular weight excluding hydrogens is 284 g/mol. The standard InChI is InChI=1S/C16H20N2O4/c1-9-4-10(2)15(11(3)5-9)18-8-12(6-13(18)19)16(22)17-7-14(20)21/h4-5,12H,6-8H2,1-3H3,(H,17,22)(H,20,21). The second-order valence-corrected chi connectivity index (χ2v) is 5.76. The number of nitrogens with zero attached hydrogens (tertiary/aromatic N) is 1. The molecule has 1 aliphatic rings. The lowest BCUT2D eigenvalue weighted by Crippen LogP contribution is -2.36. The molecule has 0 saturated carbocycles. The van der Waals surface area contributed by atoms with Crippen LogP contribution in [0, 0.1) is 26.7 Å². The molecule has 1 fully saturated rings. The summed E-state index contributed by atoms with van der Waals surface area (Å²) in [5.41, 5.74) is 3.97. The number of rotatable bonds is 4. The zero-order chi connectivity index (χ0) is 16.4. The van der Waals surface area contributed by atoms with Gasteiger partial charge in [0.1, 0.15) is 6.54 Å². The number of amides is 2. The molecule has 0 radical (unpaired) electrons. The maximum Gasteiger partial charge on any atom is 0.322 e.